The summed E-state index contributed by atoms with van der Waals surface area (Å²) < 4.78 is 0. The van der Waals surface area contributed by atoms with E-state index in [4.69, 9.17) is 0 Å². The summed E-state index contributed by atoms with van der Waals surface area (Å²) in [7, 11) is 0. The van der Waals surface area contributed by atoms with Crippen LogP contribution in [0.5, 0.6) is 0 Å². The zero-order valence-corrected chi connectivity index (χ0v) is 21.8. The number of nitrogens with zero attached hydrogens (tertiary/aromatic N) is 1. The van der Waals surface area contributed by atoms with Crippen molar-refractivity contribution >= 4 is 23.5 Å². The highest BCUT2D eigenvalue weighted by Crippen LogP contribution is 2.46. The van der Waals surface area contributed by atoms with Gasteiger partial charge < -0.3 is 25.7 Å². The van der Waals surface area contributed by atoms with Gasteiger partial charge in [0.1, 0.15) is 12.6 Å². The van der Waals surface area contributed by atoms with E-state index in [9.17, 15) is 29.4 Å². The van der Waals surface area contributed by atoms with Gasteiger partial charge in [0.25, 0.3) is 5.91 Å². The molecule has 6 rings (SSSR count). The van der Waals surface area contributed by atoms with Crippen LogP contribution >= 0.6 is 0 Å². The minimum absolute atomic E-state index is 0.0767. The van der Waals surface area contributed by atoms with E-state index in [2.05, 4.69) is 10.6 Å². The molecule has 9 nitrogen and oxygen atoms in total. The first-order chi connectivity index (χ1) is 18.3. The molecule has 3 aliphatic heterocycles. The summed E-state index contributed by atoms with van der Waals surface area (Å²) in [5, 5.41) is 27.3. The Morgan fingerprint density at radius 3 is 2.32 bits per heavy atom. The SMILES string of the molecule is O=C1NCC[C@@H]1C[C@H](NC(=O)[C@H]1C2CCC(CC2)N1C(=O)[C@@](O)(c1ccccc1)C1CCCC1)C(=O)CO. The number of benzene rings is 1. The predicted molar refractivity (Wildman–Crippen MR) is 138 cm³/mol. The van der Waals surface area contributed by atoms with Gasteiger partial charge in [0.05, 0.1) is 6.04 Å². The number of fused-ring (bicyclic) bond motifs is 3. The van der Waals surface area contributed by atoms with Crippen molar-refractivity contribution in [2.75, 3.05) is 13.2 Å². The van der Waals surface area contributed by atoms with Gasteiger partial charge in [-0.3, -0.25) is 19.2 Å². The number of rotatable bonds is 9. The number of aliphatic hydroxyl groups is 2. The summed E-state index contributed by atoms with van der Waals surface area (Å²) in [4.78, 5) is 54.7. The van der Waals surface area contributed by atoms with Crippen LogP contribution in [-0.4, -0.2) is 69.9 Å². The number of carbonyl (C=O) groups excluding carboxylic acids is 4. The molecule has 5 fully saturated rings. The Kier molecular flexibility index (Phi) is 7.86. The van der Waals surface area contributed by atoms with Crippen molar-refractivity contribution in [3.05, 3.63) is 35.9 Å². The van der Waals surface area contributed by atoms with Gasteiger partial charge in [-0.15, -0.1) is 0 Å². The van der Waals surface area contributed by atoms with Crippen LogP contribution in [0.4, 0.5) is 0 Å². The third kappa shape index (κ3) is 4.86. The van der Waals surface area contributed by atoms with E-state index in [1.165, 1.54) is 0 Å². The summed E-state index contributed by atoms with van der Waals surface area (Å²) in [6.07, 6.45) is 7.20. The third-order valence-electron chi connectivity index (χ3n) is 9.41. The number of carbonyl (C=O) groups is 4. The Labute approximate surface area is 223 Å². The monoisotopic (exact) mass is 525 g/mol. The van der Waals surface area contributed by atoms with Crippen LogP contribution < -0.4 is 10.6 Å². The molecule has 2 saturated carbocycles. The molecule has 9 heteroatoms. The van der Waals surface area contributed by atoms with Crippen LogP contribution in [0.25, 0.3) is 0 Å². The second-order valence-corrected chi connectivity index (χ2v) is 11.5. The van der Waals surface area contributed by atoms with Gasteiger partial charge in [-0.25, -0.2) is 0 Å². The Bertz CT molecular complexity index is 1050. The van der Waals surface area contributed by atoms with Crippen LogP contribution in [0.3, 0.4) is 0 Å². The first kappa shape index (κ1) is 26.8. The van der Waals surface area contributed by atoms with Crippen molar-refractivity contribution in [3.63, 3.8) is 0 Å². The minimum Gasteiger partial charge on any atom is -0.389 e. The van der Waals surface area contributed by atoms with E-state index in [1.807, 2.05) is 18.2 Å². The minimum atomic E-state index is -1.73. The molecule has 2 bridgehead atoms. The fraction of sp³-hybridized carbons (Fsp3) is 0.655. The lowest BCUT2D eigenvalue weighted by molar-refractivity contribution is -0.176. The largest absolute Gasteiger partial charge is 0.389 e. The lowest BCUT2D eigenvalue weighted by atomic mass is 9.71. The van der Waals surface area contributed by atoms with Crippen molar-refractivity contribution in [1.29, 1.82) is 0 Å². The van der Waals surface area contributed by atoms with Crippen LogP contribution in [0.2, 0.25) is 0 Å². The number of hydrogen-bond acceptors (Lipinski definition) is 6. The molecule has 4 atom stereocenters. The van der Waals surface area contributed by atoms with E-state index in [-0.39, 0.29) is 30.2 Å². The first-order valence-electron chi connectivity index (χ1n) is 14.2. The van der Waals surface area contributed by atoms with E-state index in [1.54, 1.807) is 17.0 Å². The van der Waals surface area contributed by atoms with Gasteiger partial charge in [0.2, 0.25) is 11.8 Å². The summed E-state index contributed by atoms with van der Waals surface area (Å²) in [6, 6.07) is 7.09. The van der Waals surface area contributed by atoms with Crippen molar-refractivity contribution in [1.82, 2.24) is 15.5 Å². The van der Waals surface area contributed by atoms with Gasteiger partial charge in [-0.1, -0.05) is 43.2 Å². The zero-order valence-electron chi connectivity index (χ0n) is 21.8. The topological polar surface area (TPSA) is 136 Å². The maximum atomic E-state index is 14.4. The highest BCUT2D eigenvalue weighted by atomic mass is 16.3. The van der Waals surface area contributed by atoms with E-state index in [0.29, 0.717) is 18.5 Å². The Morgan fingerprint density at radius 1 is 1.03 bits per heavy atom. The van der Waals surface area contributed by atoms with Crippen LogP contribution in [0.1, 0.15) is 69.8 Å². The maximum absolute atomic E-state index is 14.4. The molecule has 1 aromatic rings. The normalized spacial score (nSPS) is 29.5. The average molecular weight is 526 g/mol. The first-order valence-corrected chi connectivity index (χ1v) is 14.2. The quantitative estimate of drug-likeness (QED) is 0.385. The molecule has 3 saturated heterocycles. The van der Waals surface area contributed by atoms with Crippen LogP contribution in [0.15, 0.2) is 30.3 Å². The Morgan fingerprint density at radius 2 is 1.71 bits per heavy atom. The molecule has 0 unspecified atom stereocenters. The molecular weight excluding hydrogens is 486 g/mol. The molecule has 0 radical (unpaired) electrons. The molecular formula is C29H39N3O6. The lowest BCUT2D eigenvalue weighted by Crippen LogP contribution is -2.67. The molecule has 206 valence electrons. The number of piperidine rings is 2. The Balaban J connectivity index is 1.44. The molecule has 38 heavy (non-hydrogen) atoms. The summed E-state index contributed by atoms with van der Waals surface area (Å²) in [5.74, 6) is -2.30. The Hall–Kier alpha value is -2.78. The van der Waals surface area contributed by atoms with E-state index < -0.39 is 47.8 Å². The van der Waals surface area contributed by atoms with Crippen molar-refractivity contribution in [2.45, 2.75) is 87.9 Å². The molecule has 3 amide bonds. The van der Waals surface area contributed by atoms with Gasteiger partial charge in [0, 0.05) is 24.4 Å². The van der Waals surface area contributed by atoms with Crippen LogP contribution in [0, 0.1) is 17.8 Å². The van der Waals surface area contributed by atoms with Crippen LogP contribution in [-0.2, 0) is 24.8 Å². The molecule has 3 heterocycles. The molecule has 0 spiro atoms. The number of aliphatic hydroxyl groups excluding tert-OH is 1. The fourth-order valence-corrected chi connectivity index (χ4v) is 7.34. The van der Waals surface area contributed by atoms with Crippen molar-refractivity contribution in [3.8, 4) is 0 Å². The standard InChI is InChI=1S/C29H39N3O6/c33-17-24(34)23(16-19-14-15-30-26(19)35)31-27(36)25-18-10-12-22(13-11-18)32(25)28(37)29(38,21-8-4-5-9-21)20-6-2-1-3-7-20/h1-3,6-7,18-19,21-23,25,33,38H,4-5,8-17H2,(H,30,35)(H,31,36)/t18?,19-,22?,23+,25-,29-/m1/s1. The van der Waals surface area contributed by atoms with Crippen molar-refractivity contribution in [2.24, 2.45) is 17.8 Å². The maximum Gasteiger partial charge on any atom is 0.260 e. The number of amides is 3. The second-order valence-electron chi connectivity index (χ2n) is 11.5. The number of nitrogens with one attached hydrogen (secondary N) is 2. The lowest BCUT2D eigenvalue weighted by Gasteiger charge is -2.53. The number of Topliss-reactive ketones (excluding diaryl/α,β-unsaturated/α-hetero) is 1. The zero-order chi connectivity index (χ0) is 26.9. The van der Waals surface area contributed by atoms with Crippen molar-refractivity contribution < 1.29 is 29.4 Å². The summed E-state index contributed by atoms with van der Waals surface area (Å²) in [5.41, 5.74) is -1.17. The number of hydrogen-bond donors (Lipinski definition) is 4. The van der Waals surface area contributed by atoms with Gasteiger partial charge in [-0.05, 0) is 62.8 Å². The number of ketones is 1. The van der Waals surface area contributed by atoms with Gasteiger partial charge in [0.15, 0.2) is 11.4 Å². The summed E-state index contributed by atoms with van der Waals surface area (Å²) in [6.45, 7) is -0.223. The average Bonchev–Trinajstić information content (AvgIpc) is 3.64. The van der Waals surface area contributed by atoms with E-state index in [0.717, 1.165) is 51.4 Å². The highest BCUT2D eigenvalue weighted by Gasteiger charge is 2.55. The molecule has 2 aliphatic carbocycles. The van der Waals surface area contributed by atoms with E-state index >= 15 is 0 Å². The molecule has 0 aromatic heterocycles. The molecule has 5 aliphatic rings. The smallest absolute Gasteiger partial charge is 0.260 e. The second kappa shape index (κ2) is 11.1. The highest BCUT2D eigenvalue weighted by molar-refractivity contribution is 5.96. The predicted octanol–water partition coefficient (Wildman–Crippen LogP) is 1.41. The molecule has 4 N–H and O–H groups in total. The summed E-state index contributed by atoms with van der Waals surface area (Å²) >= 11 is 0. The third-order valence-corrected chi connectivity index (χ3v) is 9.41. The fourth-order valence-electron chi connectivity index (χ4n) is 7.34. The van der Waals surface area contributed by atoms with Gasteiger partial charge >= 0.3 is 0 Å². The van der Waals surface area contributed by atoms with Gasteiger partial charge in [-0.2, -0.15) is 0 Å². The molecule has 1 aromatic carbocycles.